The summed E-state index contributed by atoms with van der Waals surface area (Å²) in [5.74, 6) is 0. The maximum Gasteiger partial charge on any atom is 0.279 e. The normalized spacial score (nSPS) is 11.4. The van der Waals surface area contributed by atoms with E-state index in [-0.39, 0.29) is 5.03 Å². The molecular weight excluding hydrogens is 266 g/mol. The van der Waals surface area contributed by atoms with Crippen molar-refractivity contribution in [3.8, 4) is 0 Å². The lowest BCUT2D eigenvalue weighted by molar-refractivity contribution is 0.597. The Labute approximate surface area is 111 Å². The molecule has 0 radical (unpaired) electrons. The van der Waals surface area contributed by atoms with Crippen LogP contribution in [0.5, 0.6) is 0 Å². The third-order valence-electron chi connectivity index (χ3n) is 2.40. The highest BCUT2D eigenvalue weighted by molar-refractivity contribution is 7.92. The fraction of sp³-hybridized carbons (Fsp3) is 0.273. The summed E-state index contributed by atoms with van der Waals surface area (Å²) in [5, 5.41) is 9.32. The number of aromatic amines is 1. The highest BCUT2D eigenvalue weighted by Crippen LogP contribution is 2.12. The second-order valence-electron chi connectivity index (χ2n) is 3.88. The first-order chi connectivity index (χ1) is 9.12. The average molecular weight is 281 g/mol. The number of nitrogens with one attached hydrogen (secondary N) is 3. The summed E-state index contributed by atoms with van der Waals surface area (Å²) in [6, 6.07) is 3.22. The van der Waals surface area contributed by atoms with Crippen molar-refractivity contribution in [3.63, 3.8) is 0 Å². The molecule has 0 atom stereocenters. The summed E-state index contributed by atoms with van der Waals surface area (Å²) in [5.41, 5.74) is 1.31. The predicted molar refractivity (Wildman–Crippen MR) is 71.0 cm³/mol. The monoisotopic (exact) mass is 281 g/mol. The highest BCUT2D eigenvalue weighted by atomic mass is 32.2. The molecule has 19 heavy (non-hydrogen) atoms. The maximum atomic E-state index is 12.0. The molecule has 0 aliphatic heterocycles. The van der Waals surface area contributed by atoms with E-state index < -0.39 is 10.0 Å². The van der Waals surface area contributed by atoms with Crippen molar-refractivity contribution < 1.29 is 8.42 Å². The van der Waals surface area contributed by atoms with Crippen LogP contribution in [0.3, 0.4) is 0 Å². The Morgan fingerprint density at radius 2 is 2.16 bits per heavy atom. The molecule has 0 spiro atoms. The van der Waals surface area contributed by atoms with Crippen LogP contribution >= 0.6 is 0 Å². The molecule has 0 fully saturated rings. The number of pyridine rings is 1. The molecule has 0 aliphatic carbocycles. The molecule has 0 aliphatic rings. The average Bonchev–Trinajstić information content (AvgIpc) is 2.89. The van der Waals surface area contributed by atoms with Crippen LogP contribution in [0.15, 0.2) is 35.7 Å². The molecule has 0 saturated carbocycles. The molecule has 0 saturated heterocycles. The van der Waals surface area contributed by atoms with Gasteiger partial charge < -0.3 is 5.32 Å². The van der Waals surface area contributed by atoms with Gasteiger partial charge in [-0.05, 0) is 18.2 Å². The molecule has 2 heterocycles. The zero-order valence-electron chi connectivity index (χ0n) is 10.4. The van der Waals surface area contributed by atoms with Crippen LogP contribution in [0, 0.1) is 0 Å². The van der Waals surface area contributed by atoms with Crippen LogP contribution in [0.1, 0.15) is 12.5 Å². The SMILES string of the molecule is CCNCc1ccc(S(=O)(=O)Nc2cn[nH]c2)nc1. The number of anilines is 1. The standard InChI is InChI=1S/C11H15N5O2S/c1-2-12-5-9-3-4-11(13-6-9)19(17,18)16-10-7-14-15-8-10/h3-4,6-8,12,16H,2,5H2,1H3,(H,14,15). The largest absolute Gasteiger partial charge is 0.313 e. The predicted octanol–water partition coefficient (Wildman–Crippen LogP) is 0.715. The molecule has 3 N–H and O–H groups in total. The summed E-state index contributed by atoms with van der Waals surface area (Å²) in [4.78, 5) is 3.96. The minimum atomic E-state index is -3.66. The minimum absolute atomic E-state index is 0.0195. The van der Waals surface area contributed by atoms with Crippen LogP contribution in [-0.2, 0) is 16.6 Å². The van der Waals surface area contributed by atoms with Crippen molar-refractivity contribution in [2.24, 2.45) is 0 Å². The zero-order chi connectivity index (χ0) is 13.7. The second kappa shape index (κ2) is 5.81. The van der Waals surface area contributed by atoms with Crippen molar-refractivity contribution in [3.05, 3.63) is 36.3 Å². The summed E-state index contributed by atoms with van der Waals surface area (Å²) >= 11 is 0. The van der Waals surface area contributed by atoms with Gasteiger partial charge in [0.1, 0.15) is 0 Å². The van der Waals surface area contributed by atoms with E-state index in [0.717, 1.165) is 12.1 Å². The number of nitrogens with zero attached hydrogens (tertiary/aromatic N) is 2. The first-order valence-electron chi connectivity index (χ1n) is 5.79. The number of aromatic nitrogens is 3. The van der Waals surface area contributed by atoms with Gasteiger partial charge in [0.05, 0.1) is 11.9 Å². The first kappa shape index (κ1) is 13.5. The van der Waals surface area contributed by atoms with Crippen molar-refractivity contribution in [1.29, 1.82) is 0 Å². The Morgan fingerprint density at radius 1 is 1.32 bits per heavy atom. The Bertz CT molecular complexity index is 607. The molecule has 0 amide bonds. The van der Waals surface area contributed by atoms with Crippen molar-refractivity contribution in [2.75, 3.05) is 11.3 Å². The lowest BCUT2D eigenvalue weighted by Gasteiger charge is -2.06. The number of sulfonamides is 1. The Hall–Kier alpha value is -1.93. The Morgan fingerprint density at radius 3 is 2.74 bits per heavy atom. The molecular formula is C11H15N5O2S. The summed E-state index contributed by atoms with van der Waals surface area (Å²) in [7, 11) is -3.66. The fourth-order valence-corrected chi connectivity index (χ4v) is 2.42. The Balaban J connectivity index is 2.12. The first-order valence-corrected chi connectivity index (χ1v) is 7.27. The second-order valence-corrected chi connectivity index (χ2v) is 5.51. The zero-order valence-corrected chi connectivity index (χ0v) is 11.2. The van der Waals surface area contributed by atoms with E-state index in [0.29, 0.717) is 12.2 Å². The van der Waals surface area contributed by atoms with Crippen molar-refractivity contribution >= 4 is 15.7 Å². The summed E-state index contributed by atoms with van der Waals surface area (Å²) in [6.45, 7) is 3.52. The minimum Gasteiger partial charge on any atom is -0.313 e. The van der Waals surface area contributed by atoms with Gasteiger partial charge in [-0.2, -0.15) is 13.5 Å². The topological polar surface area (TPSA) is 99.8 Å². The molecule has 0 unspecified atom stereocenters. The number of hydrogen-bond acceptors (Lipinski definition) is 5. The van der Waals surface area contributed by atoms with E-state index in [1.165, 1.54) is 18.5 Å². The fourth-order valence-electron chi connectivity index (χ4n) is 1.46. The number of rotatable bonds is 6. The van der Waals surface area contributed by atoms with Gasteiger partial charge in [-0.15, -0.1) is 0 Å². The third-order valence-corrected chi connectivity index (χ3v) is 3.70. The molecule has 102 valence electrons. The van der Waals surface area contributed by atoms with Crippen LogP contribution < -0.4 is 10.0 Å². The van der Waals surface area contributed by atoms with Gasteiger partial charge >= 0.3 is 0 Å². The highest BCUT2D eigenvalue weighted by Gasteiger charge is 2.15. The molecule has 0 bridgehead atoms. The van der Waals surface area contributed by atoms with Crippen LogP contribution in [0.2, 0.25) is 0 Å². The van der Waals surface area contributed by atoms with E-state index in [4.69, 9.17) is 0 Å². The van der Waals surface area contributed by atoms with Gasteiger partial charge in [0.25, 0.3) is 10.0 Å². The van der Waals surface area contributed by atoms with Gasteiger partial charge in [0, 0.05) is 18.9 Å². The molecule has 2 aromatic rings. The van der Waals surface area contributed by atoms with Crippen LogP contribution in [-0.4, -0.2) is 30.1 Å². The Kier molecular flexibility index (Phi) is 4.13. The van der Waals surface area contributed by atoms with Gasteiger partial charge in [0.15, 0.2) is 5.03 Å². The smallest absolute Gasteiger partial charge is 0.279 e. The molecule has 2 rings (SSSR count). The van der Waals surface area contributed by atoms with Crippen molar-refractivity contribution in [2.45, 2.75) is 18.5 Å². The molecule has 2 aromatic heterocycles. The van der Waals surface area contributed by atoms with Gasteiger partial charge in [-0.1, -0.05) is 13.0 Å². The summed E-state index contributed by atoms with van der Waals surface area (Å²) in [6.07, 6.45) is 4.39. The molecule has 8 heteroatoms. The van der Waals surface area contributed by atoms with Crippen molar-refractivity contribution in [1.82, 2.24) is 20.5 Å². The lowest BCUT2D eigenvalue weighted by Crippen LogP contribution is -2.15. The van der Waals surface area contributed by atoms with E-state index in [1.807, 2.05) is 6.92 Å². The molecule has 0 aromatic carbocycles. The third kappa shape index (κ3) is 3.52. The van der Waals surface area contributed by atoms with E-state index in [1.54, 1.807) is 12.3 Å². The lowest BCUT2D eigenvalue weighted by atomic mass is 10.3. The summed E-state index contributed by atoms with van der Waals surface area (Å²) < 4.78 is 26.4. The van der Waals surface area contributed by atoms with Crippen LogP contribution in [0.4, 0.5) is 5.69 Å². The van der Waals surface area contributed by atoms with E-state index in [2.05, 4.69) is 25.2 Å². The van der Waals surface area contributed by atoms with E-state index >= 15 is 0 Å². The number of hydrogen-bond donors (Lipinski definition) is 3. The van der Waals surface area contributed by atoms with Gasteiger partial charge in [-0.25, -0.2) is 4.98 Å². The molecule has 7 nitrogen and oxygen atoms in total. The van der Waals surface area contributed by atoms with Gasteiger partial charge in [-0.3, -0.25) is 9.82 Å². The van der Waals surface area contributed by atoms with Gasteiger partial charge in [0.2, 0.25) is 0 Å². The van der Waals surface area contributed by atoms with E-state index in [9.17, 15) is 8.42 Å². The number of H-pyrrole nitrogens is 1. The van der Waals surface area contributed by atoms with Crippen LogP contribution in [0.25, 0.3) is 0 Å². The quantitative estimate of drug-likeness (QED) is 0.724. The maximum absolute atomic E-state index is 12.0.